The number of carboxylic acids is 1. The first-order valence-corrected chi connectivity index (χ1v) is 15.9. The van der Waals surface area contributed by atoms with Crippen molar-refractivity contribution in [1.82, 2.24) is 15.6 Å². The number of hydrogen-bond acceptors (Lipinski definition) is 12. The number of hydrogen-bond donors (Lipinski definition) is 6. The van der Waals surface area contributed by atoms with Gasteiger partial charge in [-0.2, -0.15) is 0 Å². The maximum absolute atomic E-state index is 13.8. The molecular formula is C27H33N7O7S2. The van der Waals surface area contributed by atoms with E-state index in [0.717, 1.165) is 16.9 Å². The van der Waals surface area contributed by atoms with Gasteiger partial charge in [-0.1, -0.05) is 0 Å². The predicted octanol–water partition coefficient (Wildman–Crippen LogP) is 1.13. The van der Waals surface area contributed by atoms with Crippen LogP contribution < -0.4 is 41.2 Å². The maximum atomic E-state index is 13.8. The number of aromatic nitrogens is 1. The number of carbonyl (C=O) groups is 2. The minimum absolute atomic E-state index is 0.0193. The number of benzene rings is 1. The largest absolute Gasteiger partial charge is 0.492 e. The van der Waals surface area contributed by atoms with E-state index >= 15 is 0 Å². The lowest BCUT2D eigenvalue weighted by Crippen LogP contribution is -2.46. The Labute approximate surface area is 252 Å². The Morgan fingerprint density at radius 2 is 2.00 bits per heavy atom. The Bertz CT molecular complexity index is 1630. The molecule has 43 heavy (non-hydrogen) atoms. The third kappa shape index (κ3) is 6.83. The van der Waals surface area contributed by atoms with Crippen LogP contribution in [0.15, 0.2) is 40.7 Å². The number of aliphatic carboxylic acids is 1. The molecule has 1 atom stereocenters. The first-order valence-electron chi connectivity index (χ1n) is 13.6. The zero-order valence-electron chi connectivity index (χ0n) is 23.3. The number of anilines is 2. The molecule has 0 aliphatic carbocycles. The molecule has 3 aromatic rings. The van der Waals surface area contributed by atoms with E-state index in [0.29, 0.717) is 61.8 Å². The Balaban J connectivity index is 1.38. The predicted molar refractivity (Wildman–Crippen MR) is 161 cm³/mol. The standard InChI is InChI=1S/C27H33N7O7S2/c1-34-7-9-40-20-12-17(14-31-24(20)34)16-11-15-4-8-41-22(15)21(13-16)43(38,39)33-18-5-10-42-23(18)25(35)32-19(26(36)37)3-2-6-30-27(28)29/h5,10-14,19,27,30,33H,2-4,6-9,28-29H2,1H3,(H,32,35)(H,36,37)/t19-/m0/s1. The van der Waals surface area contributed by atoms with Crippen molar-refractivity contribution in [2.45, 2.75) is 36.5 Å². The molecule has 2 aromatic heterocycles. The van der Waals surface area contributed by atoms with Crippen molar-refractivity contribution in [3.8, 4) is 22.6 Å². The number of nitrogens with one attached hydrogen (secondary N) is 3. The number of ether oxygens (including phenoxy) is 2. The van der Waals surface area contributed by atoms with Gasteiger partial charge in [0.15, 0.2) is 11.6 Å². The van der Waals surface area contributed by atoms with E-state index in [1.165, 1.54) is 12.1 Å². The second-order valence-corrected chi connectivity index (χ2v) is 12.7. The van der Waals surface area contributed by atoms with Crippen LogP contribution in [0.1, 0.15) is 28.1 Å². The van der Waals surface area contributed by atoms with E-state index in [1.54, 1.807) is 11.6 Å². The third-order valence-corrected chi connectivity index (χ3v) is 9.30. The molecule has 1 amide bonds. The molecule has 230 valence electrons. The number of nitrogens with zero attached hydrogens (tertiary/aromatic N) is 2. The van der Waals surface area contributed by atoms with Crippen LogP contribution >= 0.6 is 11.3 Å². The van der Waals surface area contributed by atoms with E-state index in [9.17, 15) is 23.1 Å². The number of fused-ring (bicyclic) bond motifs is 2. The summed E-state index contributed by atoms with van der Waals surface area (Å²) in [5, 5.41) is 16.4. The number of nitrogens with two attached hydrogens (primary N) is 2. The fourth-order valence-corrected chi connectivity index (χ4v) is 6.95. The van der Waals surface area contributed by atoms with Crippen molar-refractivity contribution < 1.29 is 32.6 Å². The Morgan fingerprint density at radius 1 is 1.19 bits per heavy atom. The molecule has 2 aliphatic rings. The molecule has 0 fully saturated rings. The minimum atomic E-state index is -4.25. The molecule has 4 heterocycles. The zero-order valence-corrected chi connectivity index (χ0v) is 25.0. The molecule has 1 aromatic carbocycles. The number of thiophene rings is 1. The van der Waals surface area contributed by atoms with Crippen LogP contribution in [-0.4, -0.2) is 76.1 Å². The number of amides is 1. The van der Waals surface area contributed by atoms with Crippen molar-refractivity contribution in [3.63, 3.8) is 0 Å². The highest BCUT2D eigenvalue weighted by Gasteiger charge is 2.30. The highest BCUT2D eigenvalue weighted by molar-refractivity contribution is 7.92. The molecule has 0 radical (unpaired) electrons. The van der Waals surface area contributed by atoms with Crippen molar-refractivity contribution >= 4 is 44.7 Å². The summed E-state index contributed by atoms with van der Waals surface area (Å²) in [4.78, 5) is 31.3. The van der Waals surface area contributed by atoms with Gasteiger partial charge in [-0.05, 0) is 60.2 Å². The molecule has 2 aliphatic heterocycles. The number of rotatable bonds is 12. The van der Waals surface area contributed by atoms with E-state index in [1.807, 2.05) is 24.1 Å². The maximum Gasteiger partial charge on any atom is 0.326 e. The lowest BCUT2D eigenvalue weighted by molar-refractivity contribution is -0.139. The Hall–Kier alpha value is -3.96. The normalized spacial score (nSPS) is 14.8. The van der Waals surface area contributed by atoms with E-state index in [-0.39, 0.29) is 27.6 Å². The quantitative estimate of drug-likeness (QED) is 0.123. The summed E-state index contributed by atoms with van der Waals surface area (Å²) in [5.41, 5.74) is 12.9. The average Bonchev–Trinajstić information content (AvgIpc) is 3.63. The fraction of sp³-hybridized carbons (Fsp3) is 0.370. The van der Waals surface area contributed by atoms with Crippen LogP contribution in [0.4, 0.5) is 11.5 Å². The van der Waals surface area contributed by atoms with Crippen LogP contribution in [-0.2, 0) is 21.2 Å². The molecule has 14 nitrogen and oxygen atoms in total. The Kier molecular flexibility index (Phi) is 9.03. The monoisotopic (exact) mass is 631 g/mol. The van der Waals surface area contributed by atoms with Crippen LogP contribution in [0.2, 0.25) is 0 Å². The molecule has 0 bridgehead atoms. The fourth-order valence-electron chi connectivity index (χ4n) is 4.85. The molecule has 0 unspecified atom stereocenters. The van der Waals surface area contributed by atoms with Crippen molar-refractivity contribution in [3.05, 3.63) is 46.3 Å². The molecule has 0 saturated carbocycles. The van der Waals surface area contributed by atoms with Gasteiger partial charge >= 0.3 is 5.97 Å². The molecule has 0 spiro atoms. The van der Waals surface area contributed by atoms with E-state index < -0.39 is 34.2 Å². The lowest BCUT2D eigenvalue weighted by atomic mass is 10.0. The van der Waals surface area contributed by atoms with Crippen molar-refractivity contribution in [2.75, 3.05) is 43.0 Å². The van der Waals surface area contributed by atoms with Gasteiger partial charge in [0, 0.05) is 25.2 Å². The van der Waals surface area contributed by atoms with Gasteiger partial charge < -0.3 is 36.3 Å². The van der Waals surface area contributed by atoms with Gasteiger partial charge in [0.1, 0.15) is 34.5 Å². The van der Waals surface area contributed by atoms with Gasteiger partial charge in [-0.25, -0.2) is 18.2 Å². The molecule has 16 heteroatoms. The second kappa shape index (κ2) is 12.7. The molecular weight excluding hydrogens is 598 g/mol. The third-order valence-electron chi connectivity index (χ3n) is 7.02. The zero-order chi connectivity index (χ0) is 30.7. The first kappa shape index (κ1) is 30.5. The van der Waals surface area contributed by atoms with Crippen molar-refractivity contribution in [2.24, 2.45) is 11.5 Å². The summed E-state index contributed by atoms with van der Waals surface area (Å²) in [6.07, 6.45) is 1.96. The molecule has 0 saturated heterocycles. The topological polar surface area (TPSA) is 211 Å². The second-order valence-electron chi connectivity index (χ2n) is 10.1. The summed E-state index contributed by atoms with van der Waals surface area (Å²) in [7, 11) is -2.32. The number of sulfonamides is 1. The first-order chi connectivity index (χ1) is 20.5. The number of likely N-dealkylation sites (N-methyl/N-ethyl adjacent to an activating group) is 1. The number of carboxylic acid groups (broad SMARTS) is 1. The summed E-state index contributed by atoms with van der Waals surface area (Å²) < 4.78 is 41.5. The van der Waals surface area contributed by atoms with E-state index in [4.69, 9.17) is 20.9 Å². The molecule has 5 rings (SSSR count). The number of pyridine rings is 1. The van der Waals surface area contributed by atoms with Gasteiger partial charge in [0.05, 0.1) is 18.8 Å². The van der Waals surface area contributed by atoms with Gasteiger partial charge in [0.25, 0.3) is 15.9 Å². The summed E-state index contributed by atoms with van der Waals surface area (Å²) >= 11 is 0.983. The minimum Gasteiger partial charge on any atom is -0.492 e. The summed E-state index contributed by atoms with van der Waals surface area (Å²) in [5.74, 6) is -0.375. The Morgan fingerprint density at radius 3 is 2.77 bits per heavy atom. The highest BCUT2D eigenvalue weighted by Crippen LogP contribution is 2.40. The summed E-state index contributed by atoms with van der Waals surface area (Å²) in [6, 6.07) is 5.48. The average molecular weight is 632 g/mol. The van der Waals surface area contributed by atoms with E-state index in [2.05, 4.69) is 20.3 Å². The lowest BCUT2D eigenvalue weighted by Gasteiger charge is -2.26. The van der Waals surface area contributed by atoms with Crippen LogP contribution in [0.3, 0.4) is 0 Å². The summed E-state index contributed by atoms with van der Waals surface area (Å²) in [6.45, 7) is 1.91. The molecule has 8 N–H and O–H groups in total. The van der Waals surface area contributed by atoms with Crippen LogP contribution in [0, 0.1) is 0 Å². The number of carbonyl (C=O) groups excluding carboxylic acids is 1. The highest BCUT2D eigenvalue weighted by atomic mass is 32.2. The van der Waals surface area contributed by atoms with Gasteiger partial charge in [0.2, 0.25) is 0 Å². The van der Waals surface area contributed by atoms with Crippen LogP contribution in [0.5, 0.6) is 11.5 Å². The SMILES string of the molecule is CN1CCOc2cc(-c3cc4c(c(S(=O)(=O)Nc5ccsc5C(=O)N[C@@H](CCCNC(N)N)C(=O)O)c3)OCC4)cnc21. The van der Waals surface area contributed by atoms with Gasteiger partial charge in [-0.3, -0.25) is 14.8 Å². The van der Waals surface area contributed by atoms with Crippen molar-refractivity contribution in [1.29, 1.82) is 0 Å². The van der Waals surface area contributed by atoms with Crippen LogP contribution in [0.25, 0.3) is 11.1 Å². The smallest absolute Gasteiger partial charge is 0.326 e. The van der Waals surface area contributed by atoms with Gasteiger partial charge in [-0.15, -0.1) is 11.3 Å².